The SMILES string of the molecule is CC[C@H](CNC(=O)OC(C)C)C(=O)N1CCC2(c3ccc(C)cc3)CC2C1. The fourth-order valence-corrected chi connectivity index (χ4v) is 4.33. The Morgan fingerprint density at radius 3 is 2.59 bits per heavy atom. The Labute approximate surface area is 162 Å². The smallest absolute Gasteiger partial charge is 0.407 e. The van der Waals surface area contributed by atoms with Gasteiger partial charge in [0.15, 0.2) is 0 Å². The topological polar surface area (TPSA) is 58.6 Å². The summed E-state index contributed by atoms with van der Waals surface area (Å²) >= 11 is 0. The van der Waals surface area contributed by atoms with Crippen LogP contribution in [0.5, 0.6) is 0 Å². The van der Waals surface area contributed by atoms with E-state index in [-0.39, 0.29) is 23.3 Å². The molecule has 5 nitrogen and oxygen atoms in total. The Bertz CT molecular complexity index is 685. The van der Waals surface area contributed by atoms with Gasteiger partial charge in [-0.2, -0.15) is 0 Å². The van der Waals surface area contributed by atoms with E-state index in [1.165, 1.54) is 17.5 Å². The van der Waals surface area contributed by atoms with Crippen molar-refractivity contribution in [3.8, 4) is 0 Å². The number of ether oxygens (including phenoxy) is 1. The first kappa shape index (κ1) is 19.7. The summed E-state index contributed by atoms with van der Waals surface area (Å²) < 4.78 is 5.09. The molecule has 1 saturated heterocycles. The van der Waals surface area contributed by atoms with Crippen LogP contribution in [-0.2, 0) is 14.9 Å². The zero-order valence-electron chi connectivity index (χ0n) is 17.0. The van der Waals surface area contributed by atoms with Crippen LogP contribution < -0.4 is 5.32 Å². The Kier molecular flexibility index (Phi) is 5.78. The van der Waals surface area contributed by atoms with Gasteiger partial charge in [0.1, 0.15) is 0 Å². The van der Waals surface area contributed by atoms with Gasteiger partial charge in [0, 0.05) is 25.0 Å². The number of hydrogen-bond donors (Lipinski definition) is 1. The van der Waals surface area contributed by atoms with Crippen molar-refractivity contribution in [1.82, 2.24) is 10.2 Å². The summed E-state index contributed by atoms with van der Waals surface area (Å²) in [4.78, 5) is 26.7. The molecule has 0 aromatic heterocycles. The number of piperidine rings is 1. The van der Waals surface area contributed by atoms with Crippen molar-refractivity contribution in [2.24, 2.45) is 11.8 Å². The summed E-state index contributed by atoms with van der Waals surface area (Å²) in [6.07, 6.45) is 2.31. The number of carbonyl (C=O) groups is 2. The third-order valence-corrected chi connectivity index (χ3v) is 6.12. The summed E-state index contributed by atoms with van der Waals surface area (Å²) in [7, 11) is 0. The summed E-state index contributed by atoms with van der Waals surface area (Å²) in [5, 5.41) is 2.74. The molecule has 1 N–H and O–H groups in total. The van der Waals surface area contributed by atoms with Crippen LogP contribution in [0.1, 0.15) is 51.2 Å². The maximum Gasteiger partial charge on any atom is 0.407 e. The number of nitrogens with zero attached hydrogens (tertiary/aromatic N) is 1. The van der Waals surface area contributed by atoms with Crippen LogP contribution in [0.25, 0.3) is 0 Å². The van der Waals surface area contributed by atoms with Gasteiger partial charge in [-0.3, -0.25) is 4.79 Å². The molecule has 1 aliphatic carbocycles. The van der Waals surface area contributed by atoms with E-state index in [9.17, 15) is 9.59 Å². The minimum absolute atomic E-state index is 0.159. The van der Waals surface area contributed by atoms with E-state index in [2.05, 4.69) is 36.5 Å². The molecule has 148 valence electrons. The minimum Gasteiger partial charge on any atom is -0.447 e. The van der Waals surface area contributed by atoms with Crippen molar-refractivity contribution >= 4 is 12.0 Å². The van der Waals surface area contributed by atoms with Crippen molar-refractivity contribution in [3.05, 3.63) is 35.4 Å². The van der Waals surface area contributed by atoms with Gasteiger partial charge in [-0.15, -0.1) is 0 Å². The van der Waals surface area contributed by atoms with Crippen LogP contribution in [0.2, 0.25) is 0 Å². The van der Waals surface area contributed by atoms with Crippen LogP contribution in [0.3, 0.4) is 0 Å². The zero-order valence-corrected chi connectivity index (χ0v) is 17.0. The molecule has 3 rings (SSSR count). The number of aryl methyl sites for hydroxylation is 1. The van der Waals surface area contributed by atoms with E-state index >= 15 is 0 Å². The van der Waals surface area contributed by atoms with Crippen molar-refractivity contribution in [3.63, 3.8) is 0 Å². The van der Waals surface area contributed by atoms with Crippen LogP contribution in [0, 0.1) is 18.8 Å². The zero-order chi connectivity index (χ0) is 19.6. The molecule has 2 fully saturated rings. The lowest BCUT2D eigenvalue weighted by Gasteiger charge is -2.34. The fourth-order valence-electron chi connectivity index (χ4n) is 4.33. The number of nitrogens with one attached hydrogen (secondary N) is 1. The molecule has 2 amide bonds. The number of rotatable bonds is 6. The molecule has 5 heteroatoms. The third kappa shape index (κ3) is 4.28. The average molecular weight is 373 g/mol. The first-order valence-corrected chi connectivity index (χ1v) is 10.2. The summed E-state index contributed by atoms with van der Waals surface area (Å²) in [5.41, 5.74) is 3.00. The van der Waals surface area contributed by atoms with Crippen molar-refractivity contribution < 1.29 is 14.3 Å². The van der Waals surface area contributed by atoms with Gasteiger partial charge in [0.05, 0.1) is 12.0 Å². The number of carbonyl (C=O) groups excluding carboxylic acids is 2. The number of alkyl carbamates (subject to hydrolysis) is 1. The highest BCUT2D eigenvalue weighted by Gasteiger charge is 2.58. The number of fused-ring (bicyclic) bond motifs is 1. The Hall–Kier alpha value is -2.04. The molecule has 0 spiro atoms. The van der Waals surface area contributed by atoms with Gasteiger partial charge in [-0.1, -0.05) is 36.8 Å². The summed E-state index contributed by atoms with van der Waals surface area (Å²) in [5.74, 6) is 0.538. The first-order chi connectivity index (χ1) is 12.9. The molecule has 2 unspecified atom stereocenters. The second-order valence-electron chi connectivity index (χ2n) is 8.40. The van der Waals surface area contributed by atoms with E-state index in [1.807, 2.05) is 25.7 Å². The second kappa shape index (κ2) is 7.91. The average Bonchev–Trinajstić information content (AvgIpc) is 3.36. The van der Waals surface area contributed by atoms with Crippen LogP contribution >= 0.6 is 0 Å². The van der Waals surface area contributed by atoms with Crippen molar-refractivity contribution in [2.75, 3.05) is 19.6 Å². The molecule has 1 saturated carbocycles. The largest absolute Gasteiger partial charge is 0.447 e. The Morgan fingerprint density at radius 1 is 1.30 bits per heavy atom. The van der Waals surface area contributed by atoms with Gasteiger partial charge >= 0.3 is 6.09 Å². The Balaban J connectivity index is 1.54. The lowest BCUT2D eigenvalue weighted by atomic mass is 9.86. The molecule has 3 atom stereocenters. The highest BCUT2D eigenvalue weighted by molar-refractivity contribution is 5.80. The summed E-state index contributed by atoms with van der Waals surface area (Å²) in [6, 6.07) is 8.88. The summed E-state index contributed by atoms with van der Waals surface area (Å²) in [6.45, 7) is 9.71. The normalized spacial score (nSPS) is 24.9. The lowest BCUT2D eigenvalue weighted by Crippen LogP contribution is -2.46. The number of likely N-dealkylation sites (tertiary alicyclic amines) is 1. The number of hydrogen-bond acceptors (Lipinski definition) is 3. The van der Waals surface area contributed by atoms with E-state index in [4.69, 9.17) is 4.74 Å². The predicted molar refractivity (Wildman–Crippen MR) is 106 cm³/mol. The monoisotopic (exact) mass is 372 g/mol. The van der Waals surface area contributed by atoms with Crippen molar-refractivity contribution in [2.45, 2.75) is 58.5 Å². The Morgan fingerprint density at radius 2 is 2.00 bits per heavy atom. The van der Waals surface area contributed by atoms with Crippen LogP contribution in [0.4, 0.5) is 4.79 Å². The highest BCUT2D eigenvalue weighted by Crippen LogP contribution is 2.59. The number of amides is 2. The van der Waals surface area contributed by atoms with E-state index in [0.29, 0.717) is 18.9 Å². The minimum atomic E-state index is -0.449. The molecule has 1 aromatic carbocycles. The molecule has 1 aliphatic heterocycles. The van der Waals surface area contributed by atoms with Gasteiger partial charge in [0.2, 0.25) is 5.91 Å². The maximum absolute atomic E-state index is 12.9. The highest BCUT2D eigenvalue weighted by atomic mass is 16.6. The van der Waals surface area contributed by atoms with E-state index < -0.39 is 6.09 Å². The molecule has 27 heavy (non-hydrogen) atoms. The quantitative estimate of drug-likeness (QED) is 0.829. The van der Waals surface area contributed by atoms with Crippen molar-refractivity contribution in [1.29, 1.82) is 0 Å². The molecule has 1 heterocycles. The molecule has 0 bridgehead atoms. The number of benzene rings is 1. The van der Waals surface area contributed by atoms with Gasteiger partial charge in [-0.25, -0.2) is 4.79 Å². The second-order valence-corrected chi connectivity index (χ2v) is 8.40. The third-order valence-electron chi connectivity index (χ3n) is 6.12. The lowest BCUT2D eigenvalue weighted by molar-refractivity contribution is -0.136. The standard InChI is InChI=1S/C22H32N2O3/c1-5-17(13-23-21(26)27-15(2)3)20(25)24-11-10-22(12-19(22)14-24)18-8-6-16(4)7-9-18/h6-9,15,17,19H,5,10-14H2,1-4H3,(H,23,26)/t17-,19?,22?/m1/s1. The van der Waals surface area contributed by atoms with Crippen LogP contribution in [-0.4, -0.2) is 42.6 Å². The molecular weight excluding hydrogens is 340 g/mol. The van der Waals surface area contributed by atoms with Gasteiger partial charge in [0.25, 0.3) is 0 Å². The fraction of sp³-hybridized carbons (Fsp3) is 0.636. The molecule has 1 aromatic rings. The van der Waals surface area contributed by atoms with Gasteiger partial charge < -0.3 is 15.0 Å². The molecule has 0 radical (unpaired) electrons. The molecule has 2 aliphatic rings. The van der Waals surface area contributed by atoms with Crippen LogP contribution in [0.15, 0.2) is 24.3 Å². The van der Waals surface area contributed by atoms with Gasteiger partial charge in [-0.05, 0) is 51.5 Å². The van der Waals surface area contributed by atoms with E-state index in [0.717, 1.165) is 19.5 Å². The van der Waals surface area contributed by atoms with E-state index in [1.54, 1.807) is 0 Å². The predicted octanol–water partition coefficient (Wildman–Crippen LogP) is 3.65. The molecular formula is C22H32N2O3. The first-order valence-electron chi connectivity index (χ1n) is 10.2. The maximum atomic E-state index is 12.9.